The Kier molecular flexibility index (Phi) is 4.12. The van der Waals surface area contributed by atoms with Gasteiger partial charge in [-0.25, -0.2) is 0 Å². The summed E-state index contributed by atoms with van der Waals surface area (Å²) in [5, 5.41) is 11.1. The molecule has 1 radical (unpaired) electrons. The number of amides is 1. The molecule has 1 amide bonds. The molecule has 4 nitrogen and oxygen atoms in total. The van der Waals surface area contributed by atoms with Crippen LogP contribution in [0.25, 0.3) is 0 Å². The van der Waals surface area contributed by atoms with Crippen molar-refractivity contribution >= 4 is 5.91 Å². The Morgan fingerprint density at radius 1 is 1.60 bits per heavy atom. The van der Waals surface area contributed by atoms with E-state index in [2.05, 4.69) is 12.2 Å². The maximum atomic E-state index is 11.6. The van der Waals surface area contributed by atoms with Gasteiger partial charge < -0.3 is 15.2 Å². The number of rotatable bonds is 4. The molecule has 0 saturated carbocycles. The summed E-state index contributed by atoms with van der Waals surface area (Å²) in [5.41, 5.74) is 1.17. The third kappa shape index (κ3) is 2.95. The number of carbonyl (C=O) groups is 1. The molecule has 4 heteroatoms. The van der Waals surface area contributed by atoms with Gasteiger partial charge in [0, 0.05) is 6.54 Å². The second-order valence-electron chi connectivity index (χ2n) is 3.01. The third-order valence-electron chi connectivity index (χ3n) is 1.91. The quantitative estimate of drug-likeness (QED) is 0.761. The third-order valence-corrected chi connectivity index (χ3v) is 1.91. The first-order valence-corrected chi connectivity index (χ1v) is 4.58. The molecule has 0 unspecified atom stereocenters. The minimum Gasteiger partial charge on any atom is -0.496 e. The maximum absolute atomic E-state index is 11.6. The summed E-state index contributed by atoms with van der Waals surface area (Å²) >= 11 is 0. The molecule has 1 aromatic carbocycles. The van der Waals surface area contributed by atoms with Gasteiger partial charge in [-0.15, -0.1) is 0 Å². The van der Waals surface area contributed by atoms with E-state index >= 15 is 0 Å². The molecule has 1 rings (SSSR count). The highest BCUT2D eigenvalue weighted by molar-refractivity contribution is 5.97. The van der Waals surface area contributed by atoms with E-state index in [1.807, 2.05) is 0 Å². The van der Waals surface area contributed by atoms with Gasteiger partial charge in [0.15, 0.2) is 0 Å². The molecule has 0 atom stereocenters. The van der Waals surface area contributed by atoms with E-state index in [4.69, 9.17) is 9.84 Å². The summed E-state index contributed by atoms with van der Waals surface area (Å²) in [4.78, 5) is 11.6. The fourth-order valence-electron chi connectivity index (χ4n) is 1.20. The second kappa shape index (κ2) is 5.36. The zero-order valence-electron chi connectivity index (χ0n) is 8.62. The monoisotopic (exact) mass is 208 g/mol. The molecule has 0 heterocycles. The zero-order chi connectivity index (χ0) is 11.3. The first kappa shape index (κ1) is 11.5. The van der Waals surface area contributed by atoms with Crippen molar-refractivity contribution in [3.05, 3.63) is 36.2 Å². The number of methoxy groups -OCH3 is 1. The molecule has 81 valence electrons. The number of ether oxygens (including phenoxy) is 1. The summed E-state index contributed by atoms with van der Waals surface area (Å²) in [5.74, 6) is 0.226. The van der Waals surface area contributed by atoms with Crippen LogP contribution in [0, 0.1) is 6.92 Å². The predicted octanol–water partition coefficient (Wildman–Crippen LogP) is 0.599. The van der Waals surface area contributed by atoms with E-state index in [9.17, 15) is 4.79 Å². The van der Waals surface area contributed by atoms with Crippen LogP contribution in [-0.4, -0.2) is 31.3 Å². The van der Waals surface area contributed by atoms with Crippen LogP contribution in [0.2, 0.25) is 0 Å². The fraction of sp³-hybridized carbons (Fsp3) is 0.273. The van der Waals surface area contributed by atoms with E-state index in [0.717, 1.165) is 5.56 Å². The molecular weight excluding hydrogens is 194 g/mol. The first-order valence-electron chi connectivity index (χ1n) is 4.58. The van der Waals surface area contributed by atoms with Crippen LogP contribution < -0.4 is 10.1 Å². The van der Waals surface area contributed by atoms with Gasteiger partial charge in [-0.05, 0) is 24.6 Å². The Labute approximate surface area is 88.9 Å². The van der Waals surface area contributed by atoms with Crippen LogP contribution in [0.3, 0.4) is 0 Å². The van der Waals surface area contributed by atoms with Crippen molar-refractivity contribution in [2.45, 2.75) is 0 Å². The highest BCUT2D eigenvalue weighted by Gasteiger charge is 2.11. The van der Waals surface area contributed by atoms with E-state index < -0.39 is 0 Å². The number of hydrogen-bond donors (Lipinski definition) is 2. The number of carbonyl (C=O) groups excluding carboxylic acids is 1. The number of hydrogen-bond acceptors (Lipinski definition) is 3. The fourth-order valence-corrected chi connectivity index (χ4v) is 1.20. The van der Waals surface area contributed by atoms with Crippen LogP contribution in [0.1, 0.15) is 15.9 Å². The van der Waals surface area contributed by atoms with Crippen molar-refractivity contribution in [3.63, 3.8) is 0 Å². The van der Waals surface area contributed by atoms with E-state index in [-0.39, 0.29) is 19.1 Å². The van der Waals surface area contributed by atoms with Gasteiger partial charge >= 0.3 is 0 Å². The second-order valence-corrected chi connectivity index (χ2v) is 3.01. The molecule has 1 aromatic rings. The smallest absolute Gasteiger partial charge is 0.255 e. The van der Waals surface area contributed by atoms with Crippen molar-refractivity contribution in [2.24, 2.45) is 0 Å². The lowest BCUT2D eigenvalue weighted by Crippen LogP contribution is -2.26. The molecule has 0 spiro atoms. The lowest BCUT2D eigenvalue weighted by Gasteiger charge is -2.09. The van der Waals surface area contributed by atoms with E-state index in [1.54, 1.807) is 18.2 Å². The van der Waals surface area contributed by atoms with Gasteiger partial charge in [0.25, 0.3) is 5.91 Å². The standard InChI is InChI=1S/C11H14NO3/c1-8-3-4-10(15-2)9(7-8)11(14)12-5-6-13/h3-4,7,13H,1,5-6H2,2H3,(H,12,14). The molecule has 0 bridgehead atoms. The van der Waals surface area contributed by atoms with Crippen LogP contribution >= 0.6 is 0 Å². The molecule has 0 aliphatic rings. The Morgan fingerprint density at radius 2 is 2.33 bits per heavy atom. The Morgan fingerprint density at radius 3 is 2.93 bits per heavy atom. The van der Waals surface area contributed by atoms with Crippen molar-refractivity contribution in [1.29, 1.82) is 0 Å². The topological polar surface area (TPSA) is 58.6 Å². The summed E-state index contributed by atoms with van der Waals surface area (Å²) in [6.45, 7) is 3.87. The predicted molar refractivity (Wildman–Crippen MR) is 56.9 cm³/mol. The maximum Gasteiger partial charge on any atom is 0.255 e. The SMILES string of the molecule is [CH2]c1ccc(OC)c(C(=O)NCCO)c1. The summed E-state index contributed by atoms with van der Waals surface area (Å²) in [7, 11) is 1.50. The highest BCUT2D eigenvalue weighted by Crippen LogP contribution is 2.19. The van der Waals surface area contributed by atoms with Crippen molar-refractivity contribution in [1.82, 2.24) is 5.32 Å². The Hall–Kier alpha value is -1.55. The van der Waals surface area contributed by atoms with Gasteiger partial charge in [0.1, 0.15) is 5.75 Å². The van der Waals surface area contributed by atoms with Gasteiger partial charge in [-0.2, -0.15) is 0 Å². The Balaban J connectivity index is 2.90. The summed E-state index contributed by atoms with van der Waals surface area (Å²) in [6, 6.07) is 5.10. The van der Waals surface area contributed by atoms with Crippen LogP contribution in [0.15, 0.2) is 18.2 Å². The molecule has 0 aromatic heterocycles. The lowest BCUT2D eigenvalue weighted by molar-refractivity contribution is 0.0941. The molecular formula is C11H14NO3. The largest absolute Gasteiger partial charge is 0.496 e. The summed E-state index contributed by atoms with van der Waals surface area (Å²) in [6.07, 6.45) is 0. The molecule has 2 N–H and O–H groups in total. The van der Waals surface area contributed by atoms with Gasteiger partial charge in [0.05, 0.1) is 19.3 Å². The average molecular weight is 208 g/mol. The zero-order valence-corrected chi connectivity index (χ0v) is 8.62. The molecule has 0 saturated heterocycles. The van der Waals surface area contributed by atoms with Crippen LogP contribution in [0.4, 0.5) is 0 Å². The lowest BCUT2D eigenvalue weighted by atomic mass is 10.1. The molecule has 0 aliphatic heterocycles. The minimum atomic E-state index is -0.272. The molecule has 15 heavy (non-hydrogen) atoms. The number of aliphatic hydroxyl groups excluding tert-OH is 1. The summed E-state index contributed by atoms with van der Waals surface area (Å²) < 4.78 is 5.05. The van der Waals surface area contributed by atoms with Crippen LogP contribution in [-0.2, 0) is 0 Å². The molecule has 0 fully saturated rings. The first-order chi connectivity index (χ1) is 7.19. The van der Waals surface area contributed by atoms with Crippen molar-refractivity contribution in [3.8, 4) is 5.75 Å². The van der Waals surface area contributed by atoms with Gasteiger partial charge in [-0.1, -0.05) is 6.07 Å². The van der Waals surface area contributed by atoms with Crippen LogP contribution in [0.5, 0.6) is 5.75 Å². The van der Waals surface area contributed by atoms with Gasteiger partial charge in [0.2, 0.25) is 0 Å². The van der Waals surface area contributed by atoms with Crippen molar-refractivity contribution < 1.29 is 14.6 Å². The number of aliphatic hydroxyl groups is 1. The van der Waals surface area contributed by atoms with E-state index in [0.29, 0.717) is 11.3 Å². The molecule has 0 aliphatic carbocycles. The normalized spacial score (nSPS) is 9.80. The average Bonchev–Trinajstić information content (AvgIpc) is 2.25. The van der Waals surface area contributed by atoms with Gasteiger partial charge in [-0.3, -0.25) is 4.79 Å². The highest BCUT2D eigenvalue weighted by atomic mass is 16.5. The van der Waals surface area contributed by atoms with E-state index in [1.165, 1.54) is 7.11 Å². The Bertz CT molecular complexity index is 350. The number of nitrogens with one attached hydrogen (secondary N) is 1. The van der Waals surface area contributed by atoms with Crippen molar-refractivity contribution in [2.75, 3.05) is 20.3 Å². The minimum absolute atomic E-state index is 0.0852. The number of benzene rings is 1.